The van der Waals surface area contributed by atoms with Crippen LogP contribution in [0.3, 0.4) is 0 Å². The second kappa shape index (κ2) is 6.51. The van der Waals surface area contributed by atoms with Gasteiger partial charge in [0.2, 0.25) is 0 Å². The molecule has 20 heavy (non-hydrogen) atoms. The Morgan fingerprint density at radius 2 is 1.55 bits per heavy atom. The van der Waals surface area contributed by atoms with E-state index >= 15 is 0 Å². The Balaban J connectivity index is 2.04. The van der Waals surface area contributed by atoms with E-state index in [0.29, 0.717) is 22.0 Å². The Labute approximate surface area is 123 Å². The fourth-order valence-corrected chi connectivity index (χ4v) is 1.99. The molecule has 0 aromatic heterocycles. The quantitative estimate of drug-likeness (QED) is 0.759. The number of hydrogen-bond acceptors (Lipinski definition) is 2. The van der Waals surface area contributed by atoms with Crippen molar-refractivity contribution in [2.45, 2.75) is 0 Å². The monoisotopic (exact) mass is 310 g/mol. The first-order valence-electron chi connectivity index (χ1n) is 5.59. The first-order chi connectivity index (χ1) is 9.54. The van der Waals surface area contributed by atoms with Crippen LogP contribution in [0.25, 0.3) is 0 Å². The van der Waals surface area contributed by atoms with Crippen molar-refractivity contribution in [3.63, 3.8) is 0 Å². The van der Waals surface area contributed by atoms with Crippen molar-refractivity contribution in [3.05, 3.63) is 59.1 Å². The highest BCUT2D eigenvalue weighted by Crippen LogP contribution is 2.16. The molecule has 5 nitrogen and oxygen atoms in total. The van der Waals surface area contributed by atoms with Crippen LogP contribution in [0.5, 0.6) is 0 Å². The normalized spacial score (nSPS) is 11.7. The summed E-state index contributed by atoms with van der Waals surface area (Å²) < 4.78 is 21.6. The van der Waals surface area contributed by atoms with E-state index in [9.17, 15) is 9.00 Å². The summed E-state index contributed by atoms with van der Waals surface area (Å²) in [4.78, 5) is 11.9. The van der Waals surface area contributed by atoms with Crippen molar-refractivity contribution in [1.82, 2.24) is 0 Å². The Bertz CT molecular complexity index is 629. The van der Waals surface area contributed by atoms with Crippen LogP contribution in [0.4, 0.5) is 11.4 Å². The van der Waals surface area contributed by atoms with Crippen LogP contribution in [0.2, 0.25) is 5.02 Å². The summed E-state index contributed by atoms with van der Waals surface area (Å²) in [5.41, 5.74) is 1.56. The molecule has 3 N–H and O–H groups in total. The SMILES string of the molecule is O=C(Nc1ccc(NS(=O)O)cc1)c1ccc(Cl)cc1. The molecule has 1 atom stereocenters. The minimum Gasteiger partial charge on any atom is -0.322 e. The van der Waals surface area contributed by atoms with Gasteiger partial charge in [0.05, 0.1) is 0 Å². The minimum absolute atomic E-state index is 0.256. The van der Waals surface area contributed by atoms with Crippen LogP contribution in [-0.4, -0.2) is 14.7 Å². The molecule has 2 rings (SSSR count). The first kappa shape index (κ1) is 14.5. The number of carbonyl (C=O) groups is 1. The van der Waals surface area contributed by atoms with Gasteiger partial charge in [0.1, 0.15) is 0 Å². The second-order valence-corrected chi connectivity index (χ2v) is 5.03. The molecule has 0 heterocycles. The molecule has 1 amide bonds. The summed E-state index contributed by atoms with van der Waals surface area (Å²) in [6.07, 6.45) is 0. The van der Waals surface area contributed by atoms with E-state index in [1.807, 2.05) is 0 Å². The lowest BCUT2D eigenvalue weighted by atomic mass is 10.2. The summed E-state index contributed by atoms with van der Waals surface area (Å²) in [5, 5.41) is 3.27. The van der Waals surface area contributed by atoms with Crippen molar-refractivity contribution in [1.29, 1.82) is 0 Å². The number of anilines is 2. The summed E-state index contributed by atoms with van der Waals surface area (Å²) in [6, 6.07) is 13.0. The van der Waals surface area contributed by atoms with Gasteiger partial charge < -0.3 is 5.32 Å². The van der Waals surface area contributed by atoms with Crippen LogP contribution in [0.15, 0.2) is 48.5 Å². The Morgan fingerprint density at radius 1 is 1.00 bits per heavy atom. The molecule has 0 aliphatic heterocycles. The van der Waals surface area contributed by atoms with Crippen molar-refractivity contribution in [2.24, 2.45) is 0 Å². The molecular weight excluding hydrogens is 300 g/mol. The smallest absolute Gasteiger partial charge is 0.259 e. The molecule has 2 aromatic carbocycles. The molecule has 0 saturated heterocycles. The number of amides is 1. The average molecular weight is 311 g/mol. The summed E-state index contributed by atoms with van der Waals surface area (Å²) >= 11 is 3.64. The molecule has 0 saturated carbocycles. The molecule has 104 valence electrons. The molecule has 2 aromatic rings. The van der Waals surface area contributed by atoms with Gasteiger partial charge in [-0.15, -0.1) is 0 Å². The van der Waals surface area contributed by atoms with Crippen molar-refractivity contribution in [3.8, 4) is 0 Å². The van der Waals surface area contributed by atoms with Gasteiger partial charge in [-0.1, -0.05) is 11.6 Å². The van der Waals surface area contributed by atoms with Gasteiger partial charge in [0.15, 0.2) is 0 Å². The maximum atomic E-state index is 11.9. The maximum absolute atomic E-state index is 11.9. The van der Waals surface area contributed by atoms with Crippen molar-refractivity contribution < 1.29 is 13.6 Å². The zero-order chi connectivity index (χ0) is 14.5. The molecule has 7 heteroatoms. The second-order valence-electron chi connectivity index (χ2n) is 3.89. The number of benzene rings is 2. The molecule has 0 spiro atoms. The Hall–Kier alpha value is -1.89. The van der Waals surface area contributed by atoms with E-state index in [-0.39, 0.29) is 5.91 Å². The Morgan fingerprint density at radius 3 is 2.10 bits per heavy atom. The lowest BCUT2D eigenvalue weighted by Gasteiger charge is -2.06. The minimum atomic E-state index is -2.12. The van der Waals surface area contributed by atoms with Gasteiger partial charge in [-0.3, -0.25) is 14.1 Å². The van der Waals surface area contributed by atoms with E-state index in [1.54, 1.807) is 48.5 Å². The molecule has 0 bridgehead atoms. The van der Waals surface area contributed by atoms with E-state index in [2.05, 4.69) is 10.0 Å². The zero-order valence-corrected chi connectivity index (χ0v) is 11.7. The van der Waals surface area contributed by atoms with Crippen LogP contribution in [-0.2, 0) is 11.3 Å². The fourth-order valence-electron chi connectivity index (χ4n) is 1.53. The van der Waals surface area contributed by atoms with Gasteiger partial charge >= 0.3 is 0 Å². The van der Waals surface area contributed by atoms with E-state index in [1.165, 1.54) is 0 Å². The summed E-state index contributed by atoms with van der Waals surface area (Å²) in [5.74, 6) is -0.256. The zero-order valence-electron chi connectivity index (χ0n) is 10.2. The van der Waals surface area contributed by atoms with Gasteiger partial charge in [-0.05, 0) is 48.5 Å². The highest BCUT2D eigenvalue weighted by atomic mass is 35.5. The van der Waals surface area contributed by atoms with E-state index < -0.39 is 11.3 Å². The summed E-state index contributed by atoms with van der Waals surface area (Å²) in [6.45, 7) is 0. The lowest BCUT2D eigenvalue weighted by molar-refractivity contribution is 0.102. The largest absolute Gasteiger partial charge is 0.322 e. The third-order valence-electron chi connectivity index (χ3n) is 2.45. The highest BCUT2D eigenvalue weighted by Gasteiger charge is 2.05. The number of rotatable bonds is 4. The summed E-state index contributed by atoms with van der Waals surface area (Å²) in [7, 11) is 0. The third kappa shape index (κ3) is 4.06. The number of carbonyl (C=O) groups excluding carboxylic acids is 1. The van der Waals surface area contributed by atoms with Crippen LogP contribution < -0.4 is 10.0 Å². The Kier molecular flexibility index (Phi) is 4.73. The molecule has 0 radical (unpaired) electrons. The fraction of sp³-hybridized carbons (Fsp3) is 0. The predicted octanol–water partition coefficient (Wildman–Crippen LogP) is 3.14. The van der Waals surface area contributed by atoms with E-state index in [0.717, 1.165) is 0 Å². The van der Waals surface area contributed by atoms with Gasteiger partial charge in [-0.25, -0.2) is 4.21 Å². The third-order valence-corrected chi connectivity index (χ3v) is 3.12. The molecule has 0 aliphatic rings. The lowest BCUT2D eigenvalue weighted by Crippen LogP contribution is -2.11. The highest BCUT2D eigenvalue weighted by molar-refractivity contribution is 7.80. The number of nitrogens with one attached hydrogen (secondary N) is 2. The molecular formula is C13H11ClN2O3S. The maximum Gasteiger partial charge on any atom is 0.259 e. The molecule has 1 unspecified atom stereocenters. The van der Waals surface area contributed by atoms with Crippen LogP contribution in [0, 0.1) is 0 Å². The predicted molar refractivity (Wildman–Crippen MR) is 80.2 cm³/mol. The van der Waals surface area contributed by atoms with Gasteiger partial charge in [0, 0.05) is 22.0 Å². The first-order valence-corrected chi connectivity index (χ1v) is 7.07. The molecule has 0 fully saturated rings. The number of hydrogen-bond donors (Lipinski definition) is 3. The van der Waals surface area contributed by atoms with Crippen LogP contribution in [0.1, 0.15) is 10.4 Å². The van der Waals surface area contributed by atoms with Gasteiger partial charge in [-0.2, -0.15) is 0 Å². The number of halogens is 1. The average Bonchev–Trinajstić information content (AvgIpc) is 2.41. The topological polar surface area (TPSA) is 78.4 Å². The van der Waals surface area contributed by atoms with Gasteiger partial charge in [0.25, 0.3) is 17.2 Å². The van der Waals surface area contributed by atoms with Crippen molar-refractivity contribution in [2.75, 3.05) is 10.0 Å². The van der Waals surface area contributed by atoms with Crippen LogP contribution >= 0.6 is 11.6 Å². The van der Waals surface area contributed by atoms with Crippen molar-refractivity contribution >= 4 is 40.1 Å². The van der Waals surface area contributed by atoms with E-state index in [4.69, 9.17) is 16.2 Å². The molecule has 0 aliphatic carbocycles. The standard InChI is InChI=1S/C13H11ClN2O3S/c14-10-3-1-9(2-4-10)13(17)15-11-5-7-12(8-6-11)16-20(18)19/h1-8,16H,(H,15,17)(H,18,19).